The van der Waals surface area contributed by atoms with Crippen molar-refractivity contribution in [2.45, 2.75) is 0 Å². The first kappa shape index (κ1) is 7.75. The second kappa shape index (κ2) is 3.16. The van der Waals surface area contributed by atoms with E-state index >= 15 is 0 Å². The van der Waals surface area contributed by atoms with Crippen molar-refractivity contribution in [3.05, 3.63) is 36.5 Å². The van der Waals surface area contributed by atoms with Crippen LogP contribution in [-0.2, 0) is 4.79 Å². The molecule has 1 aliphatic rings. The number of carbonyl (C=O) groups is 1. The fourth-order valence-corrected chi connectivity index (χ4v) is 0.927. The van der Waals surface area contributed by atoms with Crippen LogP contribution in [0.2, 0.25) is 0 Å². The van der Waals surface area contributed by atoms with Crippen molar-refractivity contribution < 1.29 is 4.79 Å². The number of rotatable bonds is 1. The second-order valence-corrected chi connectivity index (χ2v) is 2.31. The molecule has 0 heterocycles. The molecular formula is C8H10N2O. The third-order valence-corrected chi connectivity index (χ3v) is 1.55. The van der Waals surface area contributed by atoms with Gasteiger partial charge in [0.15, 0.2) is 0 Å². The highest BCUT2D eigenvalue weighted by Crippen LogP contribution is 2.16. The van der Waals surface area contributed by atoms with Gasteiger partial charge in [0, 0.05) is 0 Å². The summed E-state index contributed by atoms with van der Waals surface area (Å²) in [4.78, 5) is 11.0. The lowest BCUT2D eigenvalue weighted by Crippen LogP contribution is -2.35. The van der Waals surface area contributed by atoms with E-state index < -0.39 is 0 Å². The summed E-state index contributed by atoms with van der Waals surface area (Å²) in [7, 11) is 0. The van der Waals surface area contributed by atoms with Crippen molar-refractivity contribution in [3.8, 4) is 0 Å². The summed E-state index contributed by atoms with van der Waals surface area (Å²) >= 11 is 0. The molecule has 0 spiro atoms. The van der Waals surface area contributed by atoms with Crippen LogP contribution in [-0.4, -0.2) is 5.91 Å². The molecule has 3 nitrogen and oxygen atoms in total. The zero-order valence-corrected chi connectivity index (χ0v) is 6.08. The summed E-state index contributed by atoms with van der Waals surface area (Å²) in [5.41, 5.74) is 2.84. The number of amides is 1. The number of allylic oxidation sites excluding steroid dienone is 3. The van der Waals surface area contributed by atoms with Crippen molar-refractivity contribution >= 4 is 5.91 Å². The van der Waals surface area contributed by atoms with Crippen molar-refractivity contribution in [3.63, 3.8) is 0 Å². The van der Waals surface area contributed by atoms with Crippen molar-refractivity contribution in [2.24, 2.45) is 11.8 Å². The van der Waals surface area contributed by atoms with E-state index in [-0.39, 0.29) is 11.8 Å². The van der Waals surface area contributed by atoms with Crippen LogP contribution in [0.1, 0.15) is 0 Å². The molecule has 0 saturated carbocycles. The molecule has 0 aliphatic heterocycles. The lowest BCUT2D eigenvalue weighted by atomic mass is 9.95. The van der Waals surface area contributed by atoms with Crippen LogP contribution in [0.3, 0.4) is 0 Å². The van der Waals surface area contributed by atoms with E-state index in [9.17, 15) is 4.79 Å². The number of hydrogen-bond donors (Lipinski definition) is 2. The number of carbonyl (C=O) groups excluding carboxylic acids is 1. The fraction of sp³-hybridized carbons (Fsp3) is 0.125. The number of nitrogens with two attached hydrogens (primary N) is 1. The van der Waals surface area contributed by atoms with Gasteiger partial charge in [-0.2, -0.15) is 0 Å². The Morgan fingerprint density at radius 2 is 2.36 bits per heavy atom. The van der Waals surface area contributed by atoms with Gasteiger partial charge in [0.05, 0.1) is 5.92 Å². The van der Waals surface area contributed by atoms with Gasteiger partial charge in [-0.05, 0) is 5.57 Å². The number of hydrazine groups is 1. The maximum Gasteiger partial charge on any atom is 0.245 e. The minimum atomic E-state index is -0.301. The van der Waals surface area contributed by atoms with Crippen LogP contribution in [0.25, 0.3) is 0 Å². The topological polar surface area (TPSA) is 55.1 Å². The largest absolute Gasteiger partial charge is 0.293 e. The summed E-state index contributed by atoms with van der Waals surface area (Å²) in [6.45, 7) is 3.71. The van der Waals surface area contributed by atoms with Gasteiger partial charge in [-0.25, -0.2) is 5.84 Å². The zero-order valence-electron chi connectivity index (χ0n) is 6.08. The highest BCUT2D eigenvalue weighted by Gasteiger charge is 2.16. The summed E-state index contributed by atoms with van der Waals surface area (Å²) in [6.07, 6.45) is 7.18. The highest BCUT2D eigenvalue weighted by molar-refractivity contribution is 5.83. The van der Waals surface area contributed by atoms with Crippen LogP contribution in [0, 0.1) is 5.92 Å². The van der Waals surface area contributed by atoms with E-state index in [4.69, 9.17) is 5.84 Å². The first-order chi connectivity index (χ1) is 5.25. The smallest absolute Gasteiger partial charge is 0.245 e. The monoisotopic (exact) mass is 150 g/mol. The molecule has 11 heavy (non-hydrogen) atoms. The SMILES string of the molecule is C=C1C=CC=CC1C(=O)NN. The van der Waals surface area contributed by atoms with Crippen LogP contribution >= 0.6 is 0 Å². The van der Waals surface area contributed by atoms with Gasteiger partial charge < -0.3 is 0 Å². The standard InChI is InChI=1S/C8H10N2O/c1-6-4-2-3-5-7(6)8(11)10-9/h2-5,7H,1,9H2,(H,10,11). The van der Waals surface area contributed by atoms with E-state index in [1.54, 1.807) is 18.2 Å². The van der Waals surface area contributed by atoms with Crippen LogP contribution in [0.4, 0.5) is 0 Å². The molecule has 1 amide bonds. The van der Waals surface area contributed by atoms with E-state index in [0.717, 1.165) is 5.57 Å². The minimum Gasteiger partial charge on any atom is -0.293 e. The molecule has 3 heteroatoms. The Balaban J connectivity index is 2.73. The van der Waals surface area contributed by atoms with Gasteiger partial charge in [0.25, 0.3) is 0 Å². The lowest BCUT2D eigenvalue weighted by molar-refractivity contribution is -0.122. The highest BCUT2D eigenvalue weighted by atomic mass is 16.2. The van der Waals surface area contributed by atoms with E-state index in [1.807, 2.05) is 6.08 Å². The Kier molecular flexibility index (Phi) is 2.23. The second-order valence-electron chi connectivity index (χ2n) is 2.31. The Labute approximate surface area is 65.2 Å². The molecule has 0 aromatic carbocycles. The molecule has 1 aliphatic carbocycles. The normalized spacial score (nSPS) is 21.9. The predicted molar refractivity (Wildman–Crippen MR) is 43.2 cm³/mol. The van der Waals surface area contributed by atoms with E-state index in [2.05, 4.69) is 12.0 Å². The van der Waals surface area contributed by atoms with Gasteiger partial charge in [-0.1, -0.05) is 30.9 Å². The summed E-state index contributed by atoms with van der Waals surface area (Å²) in [5, 5.41) is 0. The third-order valence-electron chi connectivity index (χ3n) is 1.55. The average Bonchev–Trinajstić information content (AvgIpc) is 2.04. The maximum absolute atomic E-state index is 11.0. The molecule has 1 unspecified atom stereocenters. The molecule has 0 aromatic rings. The molecule has 0 fully saturated rings. The van der Waals surface area contributed by atoms with Crippen LogP contribution < -0.4 is 11.3 Å². The summed E-state index contributed by atoms with van der Waals surface area (Å²) in [6, 6.07) is 0. The van der Waals surface area contributed by atoms with Crippen molar-refractivity contribution in [1.29, 1.82) is 0 Å². The Hall–Kier alpha value is -1.35. The first-order valence-corrected chi connectivity index (χ1v) is 3.30. The zero-order chi connectivity index (χ0) is 8.27. The van der Waals surface area contributed by atoms with Gasteiger partial charge in [-0.3, -0.25) is 10.2 Å². The van der Waals surface area contributed by atoms with Crippen LogP contribution in [0.15, 0.2) is 36.5 Å². The Bertz CT molecular complexity index is 240. The molecule has 1 rings (SSSR count). The molecule has 0 bridgehead atoms. The average molecular weight is 150 g/mol. The molecular weight excluding hydrogens is 140 g/mol. The van der Waals surface area contributed by atoms with E-state index in [1.165, 1.54) is 0 Å². The van der Waals surface area contributed by atoms with Gasteiger partial charge in [-0.15, -0.1) is 0 Å². The molecule has 0 saturated heterocycles. The molecule has 0 radical (unpaired) electrons. The van der Waals surface area contributed by atoms with Crippen molar-refractivity contribution in [1.82, 2.24) is 5.43 Å². The van der Waals surface area contributed by atoms with Crippen molar-refractivity contribution in [2.75, 3.05) is 0 Å². The summed E-state index contributed by atoms with van der Waals surface area (Å²) < 4.78 is 0. The lowest BCUT2D eigenvalue weighted by Gasteiger charge is -2.12. The number of hydrogen-bond acceptors (Lipinski definition) is 2. The Morgan fingerprint density at radius 3 is 2.91 bits per heavy atom. The molecule has 3 N–H and O–H groups in total. The molecule has 1 atom stereocenters. The molecule has 0 aromatic heterocycles. The van der Waals surface area contributed by atoms with E-state index in [0.29, 0.717) is 0 Å². The molecule has 58 valence electrons. The first-order valence-electron chi connectivity index (χ1n) is 3.30. The quantitative estimate of drug-likeness (QED) is 0.320. The summed E-state index contributed by atoms with van der Waals surface area (Å²) in [5.74, 6) is 4.44. The van der Waals surface area contributed by atoms with Gasteiger partial charge in [0.1, 0.15) is 0 Å². The van der Waals surface area contributed by atoms with Crippen LogP contribution in [0.5, 0.6) is 0 Å². The predicted octanol–water partition coefficient (Wildman–Crippen LogP) is 0.275. The van der Waals surface area contributed by atoms with Gasteiger partial charge >= 0.3 is 0 Å². The van der Waals surface area contributed by atoms with Gasteiger partial charge in [0.2, 0.25) is 5.91 Å². The maximum atomic E-state index is 11.0. The number of nitrogens with one attached hydrogen (secondary N) is 1. The fourth-order valence-electron chi connectivity index (χ4n) is 0.927. The third kappa shape index (κ3) is 1.56. The Morgan fingerprint density at radius 1 is 1.64 bits per heavy atom. The minimum absolute atomic E-state index is 0.226.